The molecule has 110 valence electrons. The second kappa shape index (κ2) is 5.71. The Labute approximate surface area is 118 Å². The van der Waals surface area contributed by atoms with Gasteiger partial charge in [-0.2, -0.15) is 0 Å². The van der Waals surface area contributed by atoms with E-state index >= 15 is 0 Å². The minimum absolute atomic E-state index is 0.248. The van der Waals surface area contributed by atoms with Crippen molar-refractivity contribution >= 4 is 5.97 Å². The number of phenols is 1. The Morgan fingerprint density at radius 2 is 2.05 bits per heavy atom. The number of carboxylic acids is 1. The van der Waals surface area contributed by atoms with E-state index in [2.05, 4.69) is 4.90 Å². The van der Waals surface area contributed by atoms with Crippen LogP contribution in [0.3, 0.4) is 0 Å². The van der Waals surface area contributed by atoms with Gasteiger partial charge in [-0.05, 0) is 51.1 Å². The first-order valence-corrected chi connectivity index (χ1v) is 6.76. The number of carbonyl (C=O) groups is 1. The number of likely N-dealkylation sites (tertiary alicyclic amines) is 1. The summed E-state index contributed by atoms with van der Waals surface area (Å²) < 4.78 is 5.16. The van der Waals surface area contributed by atoms with Crippen LogP contribution in [0.15, 0.2) is 18.2 Å². The van der Waals surface area contributed by atoms with E-state index in [9.17, 15) is 15.0 Å². The molecule has 0 aromatic heterocycles. The molecule has 2 N–H and O–H groups in total. The summed E-state index contributed by atoms with van der Waals surface area (Å²) in [6.45, 7) is 3.85. The second-order valence-electron chi connectivity index (χ2n) is 5.64. The molecule has 1 aliphatic rings. The monoisotopic (exact) mass is 279 g/mol. The van der Waals surface area contributed by atoms with Crippen molar-refractivity contribution in [1.29, 1.82) is 0 Å². The maximum absolute atomic E-state index is 11.2. The van der Waals surface area contributed by atoms with Crippen LogP contribution in [0.2, 0.25) is 0 Å². The van der Waals surface area contributed by atoms with Gasteiger partial charge in [-0.1, -0.05) is 0 Å². The summed E-state index contributed by atoms with van der Waals surface area (Å²) in [5, 5.41) is 19.1. The van der Waals surface area contributed by atoms with E-state index in [-0.39, 0.29) is 5.75 Å². The number of methoxy groups -OCH3 is 1. The number of aliphatic carboxylic acids is 1. The van der Waals surface area contributed by atoms with E-state index in [0.29, 0.717) is 25.1 Å². The van der Waals surface area contributed by atoms with Gasteiger partial charge < -0.3 is 14.9 Å². The van der Waals surface area contributed by atoms with Gasteiger partial charge >= 0.3 is 5.97 Å². The third-order valence-corrected chi connectivity index (χ3v) is 4.16. The molecule has 0 spiro atoms. The topological polar surface area (TPSA) is 70.0 Å². The Morgan fingerprint density at radius 3 is 2.60 bits per heavy atom. The first-order chi connectivity index (χ1) is 9.44. The molecule has 1 aromatic rings. The molecule has 1 saturated heterocycles. The maximum Gasteiger partial charge on any atom is 0.309 e. The van der Waals surface area contributed by atoms with Crippen molar-refractivity contribution in [3.05, 3.63) is 23.8 Å². The molecular formula is C15H21NO4. The highest BCUT2D eigenvalue weighted by Crippen LogP contribution is 2.32. The van der Waals surface area contributed by atoms with Crippen molar-refractivity contribution in [2.45, 2.75) is 26.3 Å². The average Bonchev–Trinajstić information content (AvgIpc) is 2.43. The average molecular weight is 279 g/mol. The van der Waals surface area contributed by atoms with E-state index in [1.165, 1.54) is 0 Å². The van der Waals surface area contributed by atoms with Crippen molar-refractivity contribution in [3.8, 4) is 11.5 Å². The summed E-state index contributed by atoms with van der Waals surface area (Å²) >= 11 is 0. The van der Waals surface area contributed by atoms with Crippen LogP contribution in [-0.2, 0) is 11.3 Å². The zero-order valence-electron chi connectivity index (χ0n) is 11.9. The van der Waals surface area contributed by atoms with Gasteiger partial charge in [-0.3, -0.25) is 9.69 Å². The molecule has 5 heteroatoms. The van der Waals surface area contributed by atoms with Gasteiger partial charge in [0.25, 0.3) is 0 Å². The Morgan fingerprint density at radius 1 is 1.40 bits per heavy atom. The molecule has 0 aliphatic carbocycles. The Kier molecular flexibility index (Phi) is 4.18. The van der Waals surface area contributed by atoms with Crippen LogP contribution in [0.1, 0.15) is 25.3 Å². The Bertz CT molecular complexity index is 493. The molecule has 0 unspecified atom stereocenters. The summed E-state index contributed by atoms with van der Waals surface area (Å²) in [5.41, 5.74) is 0.190. The number of piperidine rings is 1. The summed E-state index contributed by atoms with van der Waals surface area (Å²) in [4.78, 5) is 13.4. The summed E-state index contributed by atoms with van der Waals surface area (Å²) in [7, 11) is 1.59. The molecule has 0 atom stereocenters. The van der Waals surface area contributed by atoms with Crippen LogP contribution >= 0.6 is 0 Å². The summed E-state index contributed by atoms with van der Waals surface area (Å²) in [6.07, 6.45) is 1.26. The lowest BCUT2D eigenvalue weighted by Crippen LogP contribution is -2.42. The molecule has 1 fully saturated rings. The van der Waals surface area contributed by atoms with Crippen LogP contribution in [0.5, 0.6) is 11.5 Å². The highest BCUT2D eigenvalue weighted by Gasteiger charge is 2.36. The van der Waals surface area contributed by atoms with E-state index in [0.717, 1.165) is 18.7 Å². The van der Waals surface area contributed by atoms with Gasteiger partial charge in [-0.15, -0.1) is 0 Å². The number of aromatic hydroxyl groups is 1. The van der Waals surface area contributed by atoms with E-state index in [1.807, 2.05) is 6.07 Å². The first kappa shape index (κ1) is 14.7. The fraction of sp³-hybridized carbons (Fsp3) is 0.533. The molecule has 0 saturated carbocycles. The van der Waals surface area contributed by atoms with Gasteiger partial charge in [0.2, 0.25) is 0 Å². The van der Waals surface area contributed by atoms with Crippen LogP contribution in [-0.4, -0.2) is 41.3 Å². The lowest BCUT2D eigenvalue weighted by atomic mass is 9.80. The number of rotatable bonds is 4. The lowest BCUT2D eigenvalue weighted by Gasteiger charge is -2.36. The van der Waals surface area contributed by atoms with Crippen LogP contribution in [0.25, 0.3) is 0 Å². The number of hydrogen-bond acceptors (Lipinski definition) is 4. The Balaban J connectivity index is 2.01. The smallest absolute Gasteiger partial charge is 0.309 e. The molecule has 0 amide bonds. The quantitative estimate of drug-likeness (QED) is 0.883. The van der Waals surface area contributed by atoms with Crippen molar-refractivity contribution in [2.24, 2.45) is 5.41 Å². The van der Waals surface area contributed by atoms with E-state index in [1.54, 1.807) is 26.2 Å². The SMILES string of the molecule is COc1ccc(O)c(CN2CCC(C)(C(=O)O)CC2)c1. The van der Waals surface area contributed by atoms with Gasteiger partial charge in [0.15, 0.2) is 0 Å². The maximum atomic E-state index is 11.2. The van der Waals surface area contributed by atoms with Gasteiger partial charge in [-0.25, -0.2) is 0 Å². The van der Waals surface area contributed by atoms with E-state index in [4.69, 9.17) is 4.74 Å². The molecule has 2 rings (SSSR count). The predicted octanol–water partition coefficient (Wildman–Crippen LogP) is 2.09. The van der Waals surface area contributed by atoms with Crippen molar-refractivity contribution < 1.29 is 19.7 Å². The molecule has 1 heterocycles. The normalized spacial score (nSPS) is 18.7. The van der Waals surface area contributed by atoms with Crippen LogP contribution in [0, 0.1) is 5.41 Å². The number of hydrogen-bond donors (Lipinski definition) is 2. The molecule has 5 nitrogen and oxygen atoms in total. The highest BCUT2D eigenvalue weighted by molar-refractivity contribution is 5.74. The second-order valence-corrected chi connectivity index (χ2v) is 5.64. The zero-order chi connectivity index (χ0) is 14.8. The molecule has 0 bridgehead atoms. The number of nitrogens with zero attached hydrogens (tertiary/aromatic N) is 1. The number of carboxylic acid groups (broad SMARTS) is 1. The largest absolute Gasteiger partial charge is 0.508 e. The van der Waals surface area contributed by atoms with Crippen molar-refractivity contribution in [3.63, 3.8) is 0 Å². The van der Waals surface area contributed by atoms with Crippen molar-refractivity contribution in [2.75, 3.05) is 20.2 Å². The van der Waals surface area contributed by atoms with Gasteiger partial charge in [0.05, 0.1) is 12.5 Å². The highest BCUT2D eigenvalue weighted by atomic mass is 16.5. The molecule has 0 radical (unpaired) electrons. The number of phenolic OH excluding ortho intramolecular Hbond substituents is 1. The number of ether oxygens (including phenoxy) is 1. The molecule has 20 heavy (non-hydrogen) atoms. The first-order valence-electron chi connectivity index (χ1n) is 6.76. The van der Waals surface area contributed by atoms with Crippen molar-refractivity contribution in [1.82, 2.24) is 4.90 Å². The lowest BCUT2D eigenvalue weighted by molar-refractivity contribution is -0.150. The zero-order valence-corrected chi connectivity index (χ0v) is 11.9. The molecule has 1 aromatic carbocycles. The third kappa shape index (κ3) is 3.04. The van der Waals surface area contributed by atoms with Crippen LogP contribution in [0.4, 0.5) is 0 Å². The Hall–Kier alpha value is -1.75. The third-order valence-electron chi connectivity index (χ3n) is 4.16. The molecular weight excluding hydrogens is 258 g/mol. The van der Waals surface area contributed by atoms with Crippen LogP contribution < -0.4 is 4.74 Å². The number of benzene rings is 1. The predicted molar refractivity (Wildman–Crippen MR) is 74.9 cm³/mol. The minimum atomic E-state index is -0.721. The summed E-state index contributed by atoms with van der Waals surface area (Å²) in [6, 6.07) is 5.16. The van der Waals surface area contributed by atoms with Gasteiger partial charge in [0, 0.05) is 12.1 Å². The molecule has 1 aliphatic heterocycles. The van der Waals surface area contributed by atoms with E-state index < -0.39 is 11.4 Å². The summed E-state index contributed by atoms with van der Waals surface area (Å²) in [5.74, 6) is 0.240. The minimum Gasteiger partial charge on any atom is -0.508 e. The fourth-order valence-corrected chi connectivity index (χ4v) is 2.47. The fourth-order valence-electron chi connectivity index (χ4n) is 2.47. The van der Waals surface area contributed by atoms with Gasteiger partial charge in [0.1, 0.15) is 11.5 Å². The standard InChI is InChI=1S/C15H21NO4/c1-15(14(18)19)5-7-16(8-6-15)10-11-9-12(20-2)3-4-13(11)17/h3-4,9,17H,5-8,10H2,1-2H3,(H,18,19).